The van der Waals surface area contributed by atoms with Gasteiger partial charge in [0.2, 0.25) is 0 Å². The lowest BCUT2D eigenvalue weighted by atomic mass is 9.67. The average molecular weight is 295 g/mol. The number of nitrogens with one attached hydrogen (secondary N) is 1. The maximum atomic E-state index is 3.61. The third kappa shape index (κ3) is 4.69. The molecule has 0 aliphatic heterocycles. The zero-order chi connectivity index (χ0) is 15.5. The molecule has 124 valence electrons. The van der Waals surface area contributed by atoms with E-state index >= 15 is 0 Å². The van der Waals surface area contributed by atoms with Crippen molar-refractivity contribution in [1.29, 1.82) is 0 Å². The van der Waals surface area contributed by atoms with Gasteiger partial charge in [-0.2, -0.15) is 0 Å². The summed E-state index contributed by atoms with van der Waals surface area (Å²) in [6, 6.07) is 0.735. The Morgan fingerprint density at radius 3 is 2.24 bits per heavy atom. The highest BCUT2D eigenvalue weighted by molar-refractivity contribution is 4.90. The lowest BCUT2D eigenvalue weighted by Crippen LogP contribution is -2.47. The van der Waals surface area contributed by atoms with Gasteiger partial charge in [-0.15, -0.1) is 0 Å². The summed E-state index contributed by atoms with van der Waals surface area (Å²) in [5.74, 6) is 2.74. The fourth-order valence-corrected chi connectivity index (χ4v) is 4.34. The molecule has 2 saturated carbocycles. The Morgan fingerprint density at radius 2 is 1.76 bits per heavy atom. The van der Waals surface area contributed by atoms with Gasteiger partial charge in [-0.25, -0.2) is 0 Å². The predicted octanol–water partition coefficient (Wildman–Crippen LogP) is 4.16. The second kappa shape index (κ2) is 7.46. The molecular formula is C19H38N2. The quantitative estimate of drug-likeness (QED) is 0.791. The summed E-state index contributed by atoms with van der Waals surface area (Å²) in [7, 11) is 2.16. The average Bonchev–Trinajstić information content (AvgIpc) is 2.40. The van der Waals surface area contributed by atoms with Crippen molar-refractivity contribution in [3.8, 4) is 0 Å². The van der Waals surface area contributed by atoms with Crippen LogP contribution in [-0.4, -0.2) is 37.6 Å². The van der Waals surface area contributed by atoms with Crippen molar-refractivity contribution in [2.75, 3.05) is 26.7 Å². The second-order valence-corrected chi connectivity index (χ2v) is 8.68. The van der Waals surface area contributed by atoms with Crippen LogP contribution in [0.3, 0.4) is 0 Å². The molecule has 0 amide bonds. The summed E-state index contributed by atoms with van der Waals surface area (Å²) in [6.07, 6.45) is 8.60. The molecule has 0 aromatic carbocycles. The molecule has 0 saturated heterocycles. The van der Waals surface area contributed by atoms with E-state index in [2.05, 4.69) is 45.0 Å². The van der Waals surface area contributed by atoms with Crippen molar-refractivity contribution in [3.63, 3.8) is 0 Å². The summed E-state index contributed by atoms with van der Waals surface area (Å²) in [5.41, 5.74) is 0.474. The summed E-state index contributed by atoms with van der Waals surface area (Å²) in [6.45, 7) is 13.5. The highest BCUT2D eigenvalue weighted by atomic mass is 15.1. The van der Waals surface area contributed by atoms with Gasteiger partial charge >= 0.3 is 0 Å². The number of rotatable bonds is 6. The van der Waals surface area contributed by atoms with E-state index in [1.807, 2.05) is 0 Å². The zero-order valence-electron chi connectivity index (χ0n) is 15.1. The Balaban J connectivity index is 1.92. The molecule has 0 aromatic heterocycles. The lowest BCUT2D eigenvalue weighted by Gasteiger charge is -2.44. The van der Waals surface area contributed by atoms with Gasteiger partial charge in [0.25, 0.3) is 0 Å². The summed E-state index contributed by atoms with van der Waals surface area (Å²) >= 11 is 0. The Bertz CT molecular complexity index is 303. The topological polar surface area (TPSA) is 15.3 Å². The molecule has 2 fully saturated rings. The molecule has 0 aromatic rings. The number of hydrogen-bond donors (Lipinski definition) is 1. The van der Waals surface area contributed by atoms with Crippen molar-refractivity contribution in [2.24, 2.45) is 23.2 Å². The highest BCUT2D eigenvalue weighted by Crippen LogP contribution is 2.40. The smallest absolute Gasteiger partial charge is 0.0105 e. The molecule has 0 spiro atoms. The summed E-state index contributed by atoms with van der Waals surface area (Å²) in [4.78, 5) is 2.74. The monoisotopic (exact) mass is 294 g/mol. The third-order valence-corrected chi connectivity index (χ3v) is 6.26. The van der Waals surface area contributed by atoms with E-state index in [4.69, 9.17) is 0 Å². The van der Waals surface area contributed by atoms with Crippen molar-refractivity contribution >= 4 is 0 Å². The molecule has 2 aliphatic rings. The Hall–Kier alpha value is -0.0800. The molecule has 2 aliphatic carbocycles. The van der Waals surface area contributed by atoms with Crippen LogP contribution in [0.15, 0.2) is 0 Å². The Kier molecular flexibility index (Phi) is 6.14. The maximum Gasteiger partial charge on any atom is 0.0105 e. The molecule has 3 unspecified atom stereocenters. The minimum Gasteiger partial charge on any atom is -0.317 e. The molecule has 0 heterocycles. The summed E-state index contributed by atoms with van der Waals surface area (Å²) < 4.78 is 0. The van der Waals surface area contributed by atoms with Gasteiger partial charge in [-0.05, 0) is 68.9 Å². The Labute approximate surface area is 133 Å². The second-order valence-electron chi connectivity index (χ2n) is 8.68. The molecule has 2 nitrogen and oxygen atoms in total. The summed E-state index contributed by atoms with van der Waals surface area (Å²) in [5, 5.41) is 3.61. The van der Waals surface area contributed by atoms with Crippen LogP contribution in [-0.2, 0) is 0 Å². The fraction of sp³-hybridized carbons (Fsp3) is 1.00. The first-order valence-electron chi connectivity index (χ1n) is 9.33. The van der Waals surface area contributed by atoms with Crippen molar-refractivity contribution in [1.82, 2.24) is 10.2 Å². The van der Waals surface area contributed by atoms with Crippen LogP contribution >= 0.6 is 0 Å². The van der Waals surface area contributed by atoms with Gasteiger partial charge in [0.05, 0.1) is 0 Å². The van der Waals surface area contributed by atoms with E-state index in [-0.39, 0.29) is 0 Å². The molecule has 2 heteroatoms. The first kappa shape index (κ1) is 17.3. The molecule has 0 bridgehead atoms. The third-order valence-electron chi connectivity index (χ3n) is 6.26. The van der Waals surface area contributed by atoms with Gasteiger partial charge in [0.15, 0.2) is 0 Å². The van der Waals surface area contributed by atoms with Crippen molar-refractivity contribution in [3.05, 3.63) is 0 Å². The normalized spacial score (nSPS) is 31.4. The van der Waals surface area contributed by atoms with Crippen molar-refractivity contribution in [2.45, 2.75) is 72.3 Å². The van der Waals surface area contributed by atoms with E-state index in [9.17, 15) is 0 Å². The molecule has 1 N–H and O–H groups in total. The van der Waals surface area contributed by atoms with Crippen LogP contribution in [0.25, 0.3) is 0 Å². The van der Waals surface area contributed by atoms with Crippen molar-refractivity contribution < 1.29 is 0 Å². The SMILES string of the molecule is CCN(CC1CCC1)CC1CC(C(C)(C)C)CCC1NC. The van der Waals surface area contributed by atoms with Crippen LogP contribution in [0, 0.1) is 23.2 Å². The van der Waals surface area contributed by atoms with E-state index in [0.29, 0.717) is 5.41 Å². The van der Waals surface area contributed by atoms with Gasteiger partial charge < -0.3 is 10.2 Å². The molecule has 0 radical (unpaired) electrons. The predicted molar refractivity (Wildman–Crippen MR) is 92.6 cm³/mol. The van der Waals surface area contributed by atoms with E-state index < -0.39 is 0 Å². The van der Waals surface area contributed by atoms with Crippen LogP contribution in [0.2, 0.25) is 0 Å². The van der Waals surface area contributed by atoms with Crippen LogP contribution in [0.5, 0.6) is 0 Å². The van der Waals surface area contributed by atoms with Gasteiger partial charge in [-0.1, -0.05) is 34.1 Å². The van der Waals surface area contributed by atoms with Crippen LogP contribution in [0.4, 0.5) is 0 Å². The van der Waals surface area contributed by atoms with Gasteiger partial charge in [0.1, 0.15) is 0 Å². The van der Waals surface area contributed by atoms with E-state index in [0.717, 1.165) is 23.8 Å². The van der Waals surface area contributed by atoms with E-state index in [1.165, 1.54) is 58.2 Å². The fourth-order valence-electron chi connectivity index (χ4n) is 4.34. The van der Waals surface area contributed by atoms with Crippen LogP contribution < -0.4 is 5.32 Å². The lowest BCUT2D eigenvalue weighted by molar-refractivity contribution is 0.0800. The Morgan fingerprint density at radius 1 is 1.05 bits per heavy atom. The molecular weight excluding hydrogens is 256 g/mol. The van der Waals surface area contributed by atoms with Crippen LogP contribution in [0.1, 0.15) is 66.2 Å². The maximum absolute atomic E-state index is 3.61. The standard InChI is InChI=1S/C19H38N2/c1-6-21(13-15-8-7-9-15)14-16-12-17(19(2,3)4)10-11-18(16)20-5/h15-18,20H,6-14H2,1-5H3. The van der Waals surface area contributed by atoms with E-state index in [1.54, 1.807) is 0 Å². The number of nitrogens with zero attached hydrogens (tertiary/aromatic N) is 1. The number of hydrogen-bond acceptors (Lipinski definition) is 2. The minimum absolute atomic E-state index is 0.474. The molecule has 21 heavy (non-hydrogen) atoms. The zero-order valence-corrected chi connectivity index (χ0v) is 15.1. The highest BCUT2D eigenvalue weighted by Gasteiger charge is 2.36. The first-order valence-corrected chi connectivity index (χ1v) is 9.33. The largest absolute Gasteiger partial charge is 0.317 e. The molecule has 3 atom stereocenters. The molecule has 2 rings (SSSR count). The van der Waals surface area contributed by atoms with Gasteiger partial charge in [-0.3, -0.25) is 0 Å². The van der Waals surface area contributed by atoms with Gasteiger partial charge in [0, 0.05) is 19.1 Å². The first-order chi connectivity index (χ1) is 9.94. The minimum atomic E-state index is 0.474.